The lowest BCUT2D eigenvalue weighted by Gasteiger charge is -2.03. The minimum Gasteiger partial charge on any atom is -0.129 e. The third-order valence-electron chi connectivity index (χ3n) is 2.18. The zero-order valence-electron chi connectivity index (χ0n) is 4.93. The fraction of sp³-hybridized carbons (Fsp3) is 0.625. The lowest BCUT2D eigenvalue weighted by atomic mass is 10.0. The van der Waals surface area contributed by atoms with Crippen LogP contribution in [-0.2, 0) is 0 Å². The first kappa shape index (κ1) is 4.40. The summed E-state index contributed by atoms with van der Waals surface area (Å²) in [6, 6.07) is 0. The highest BCUT2D eigenvalue weighted by atomic mass is 14.3. The predicted molar refractivity (Wildman–Crippen MR) is 33.5 cm³/mol. The van der Waals surface area contributed by atoms with Gasteiger partial charge in [-0.25, -0.2) is 0 Å². The van der Waals surface area contributed by atoms with E-state index in [1.807, 2.05) is 0 Å². The molecule has 1 fully saturated rings. The third-order valence-corrected chi connectivity index (χ3v) is 2.18. The third kappa shape index (κ3) is 0.535. The number of fused-ring (bicyclic) bond motifs is 2. The molecule has 2 aliphatic rings. The smallest absolute Gasteiger partial charge is 0.0152 e. The van der Waals surface area contributed by atoms with Crippen molar-refractivity contribution in [2.75, 3.05) is 0 Å². The molecule has 0 amide bonds. The first-order chi connectivity index (χ1) is 3.95. The predicted octanol–water partition coefficient (Wildman–Crippen LogP) is 2.13. The van der Waals surface area contributed by atoms with Gasteiger partial charge in [0.1, 0.15) is 0 Å². The van der Waals surface area contributed by atoms with Gasteiger partial charge in [-0.05, 0) is 43.3 Å². The van der Waals surface area contributed by atoms with Gasteiger partial charge in [0, 0.05) is 0 Å². The van der Waals surface area contributed by atoms with Crippen molar-refractivity contribution >= 4 is 0 Å². The molecular weight excluding hydrogens is 96.1 g/mol. The van der Waals surface area contributed by atoms with Crippen molar-refractivity contribution in [3.05, 3.63) is 17.9 Å². The van der Waals surface area contributed by atoms with Gasteiger partial charge in [-0.2, -0.15) is 0 Å². The van der Waals surface area contributed by atoms with E-state index in [-0.39, 0.29) is 0 Å². The Balaban J connectivity index is 2.32. The number of hydrogen-bond donors (Lipinski definition) is 0. The Morgan fingerprint density at radius 2 is 1.75 bits per heavy atom. The summed E-state index contributed by atoms with van der Waals surface area (Å²) < 4.78 is 0. The van der Waals surface area contributed by atoms with Gasteiger partial charge in [0.15, 0.2) is 0 Å². The van der Waals surface area contributed by atoms with Gasteiger partial charge in [-0.3, -0.25) is 0 Å². The van der Waals surface area contributed by atoms with E-state index in [0.717, 1.165) is 11.8 Å². The molecule has 0 nitrogen and oxygen atoms in total. The molecule has 2 rings (SSSR count). The van der Waals surface area contributed by atoms with Crippen LogP contribution in [-0.4, -0.2) is 0 Å². The topological polar surface area (TPSA) is 0 Å². The zero-order chi connectivity index (χ0) is 5.40. The number of rotatable bonds is 0. The normalized spacial score (nSPS) is 41.0. The minimum atomic E-state index is 0.894. The van der Waals surface area contributed by atoms with E-state index in [1.165, 1.54) is 19.3 Å². The van der Waals surface area contributed by atoms with Crippen LogP contribution in [0.2, 0.25) is 0 Å². The zero-order valence-corrected chi connectivity index (χ0v) is 4.93. The maximum atomic E-state index is 3.20. The van der Waals surface area contributed by atoms with Crippen LogP contribution in [0, 0.1) is 11.8 Å². The highest BCUT2D eigenvalue weighted by molar-refractivity contribution is 5.04. The lowest BCUT2D eigenvalue weighted by Crippen LogP contribution is -1.92. The van der Waals surface area contributed by atoms with Crippen molar-refractivity contribution < 1.29 is 0 Å². The summed E-state index contributed by atoms with van der Waals surface area (Å²) in [6.07, 6.45) is 8.68. The largest absolute Gasteiger partial charge is 0.129 e. The average Bonchev–Trinajstić information content (AvgIpc) is 2.12. The number of hydrogen-bond acceptors (Lipinski definition) is 0. The molecule has 8 heavy (non-hydrogen) atoms. The van der Waals surface area contributed by atoms with Crippen LogP contribution in [0.1, 0.15) is 19.3 Å². The molecule has 0 heteroatoms. The summed E-state index contributed by atoms with van der Waals surface area (Å²) in [5, 5.41) is 0. The van der Waals surface area contributed by atoms with Crippen LogP contribution >= 0.6 is 0 Å². The van der Waals surface area contributed by atoms with Crippen molar-refractivity contribution in [2.45, 2.75) is 19.3 Å². The van der Waals surface area contributed by atoms with E-state index in [2.05, 4.69) is 17.9 Å². The van der Waals surface area contributed by atoms with Crippen LogP contribution < -0.4 is 0 Å². The molecular formula is C8H10. The summed E-state index contributed by atoms with van der Waals surface area (Å²) >= 11 is 0. The first-order valence-corrected chi connectivity index (χ1v) is 3.38. The molecule has 2 atom stereocenters. The molecule has 0 spiro atoms. The van der Waals surface area contributed by atoms with E-state index in [1.54, 1.807) is 0 Å². The van der Waals surface area contributed by atoms with E-state index >= 15 is 0 Å². The molecule has 0 aromatic carbocycles. The molecule has 0 saturated heterocycles. The van der Waals surface area contributed by atoms with E-state index in [4.69, 9.17) is 0 Å². The van der Waals surface area contributed by atoms with Gasteiger partial charge in [-0.15, -0.1) is 5.73 Å². The highest BCUT2D eigenvalue weighted by Gasteiger charge is 2.22. The van der Waals surface area contributed by atoms with E-state index in [0.29, 0.717) is 0 Å². The number of allylic oxidation sites excluding steroid dienone is 1. The molecule has 0 N–H and O–H groups in total. The molecule has 42 valence electrons. The molecule has 0 radical (unpaired) electrons. The quantitative estimate of drug-likeness (QED) is 0.415. The van der Waals surface area contributed by atoms with Crippen LogP contribution in [0.5, 0.6) is 0 Å². The molecule has 2 unspecified atom stereocenters. The van der Waals surface area contributed by atoms with Gasteiger partial charge in [0.05, 0.1) is 0 Å². The molecule has 1 saturated carbocycles. The molecule has 0 heterocycles. The van der Waals surface area contributed by atoms with Crippen molar-refractivity contribution in [3.63, 3.8) is 0 Å². The Bertz CT molecular complexity index is 135. The molecule has 0 aromatic rings. The average molecular weight is 106 g/mol. The second kappa shape index (κ2) is 1.50. The fourth-order valence-corrected chi connectivity index (χ4v) is 1.68. The van der Waals surface area contributed by atoms with Gasteiger partial charge in [0.2, 0.25) is 0 Å². The first-order valence-electron chi connectivity index (χ1n) is 3.38. The standard InChI is InChI=1S/C8H10/c1-2-7-4-5-8(3-1)6-7/h2-3,7-8H,4-6H2. The summed E-state index contributed by atoms with van der Waals surface area (Å²) in [7, 11) is 0. The second-order valence-electron chi connectivity index (χ2n) is 2.83. The minimum absolute atomic E-state index is 0.894. The monoisotopic (exact) mass is 106 g/mol. The lowest BCUT2D eigenvalue weighted by molar-refractivity contribution is 0.627. The molecule has 0 aromatic heterocycles. The Morgan fingerprint density at radius 3 is 2.25 bits per heavy atom. The van der Waals surface area contributed by atoms with Crippen LogP contribution in [0.3, 0.4) is 0 Å². The van der Waals surface area contributed by atoms with E-state index < -0.39 is 0 Å². The van der Waals surface area contributed by atoms with Gasteiger partial charge < -0.3 is 0 Å². The van der Waals surface area contributed by atoms with Crippen LogP contribution in [0.15, 0.2) is 17.9 Å². The van der Waals surface area contributed by atoms with Gasteiger partial charge in [-0.1, -0.05) is 0 Å². The van der Waals surface area contributed by atoms with E-state index in [9.17, 15) is 0 Å². The summed E-state index contributed by atoms with van der Waals surface area (Å²) in [5.74, 6) is 1.79. The van der Waals surface area contributed by atoms with Crippen molar-refractivity contribution in [3.8, 4) is 0 Å². The van der Waals surface area contributed by atoms with Crippen molar-refractivity contribution in [1.82, 2.24) is 0 Å². The highest BCUT2D eigenvalue weighted by Crippen LogP contribution is 2.34. The SMILES string of the molecule is C1=CC2CCC(C=1)C2. The van der Waals surface area contributed by atoms with Gasteiger partial charge >= 0.3 is 0 Å². The molecule has 0 aliphatic heterocycles. The Hall–Kier alpha value is -0.480. The van der Waals surface area contributed by atoms with Crippen LogP contribution in [0.25, 0.3) is 0 Å². The second-order valence-corrected chi connectivity index (χ2v) is 2.83. The maximum absolute atomic E-state index is 3.20. The summed E-state index contributed by atoms with van der Waals surface area (Å²) in [4.78, 5) is 0. The Labute approximate surface area is 49.9 Å². The van der Waals surface area contributed by atoms with Crippen molar-refractivity contribution in [1.29, 1.82) is 0 Å². The summed E-state index contributed by atoms with van der Waals surface area (Å²) in [5.41, 5.74) is 3.20. The van der Waals surface area contributed by atoms with Gasteiger partial charge in [0.25, 0.3) is 0 Å². The van der Waals surface area contributed by atoms with Crippen LogP contribution in [0.4, 0.5) is 0 Å². The molecule has 2 bridgehead atoms. The maximum Gasteiger partial charge on any atom is -0.0152 e. The molecule has 2 aliphatic carbocycles. The Kier molecular flexibility index (Phi) is 0.824. The fourth-order valence-electron chi connectivity index (χ4n) is 1.68. The Morgan fingerprint density at radius 1 is 1.12 bits per heavy atom. The van der Waals surface area contributed by atoms with Crippen molar-refractivity contribution in [2.24, 2.45) is 11.8 Å². The summed E-state index contributed by atoms with van der Waals surface area (Å²) in [6.45, 7) is 0.